The predicted molar refractivity (Wildman–Crippen MR) is 69.6 cm³/mol. The molecule has 1 aromatic rings. The molecule has 2 N–H and O–H groups in total. The van der Waals surface area contributed by atoms with Crippen molar-refractivity contribution in [2.24, 2.45) is 10.1 Å². The molecule has 6 heteroatoms. The normalized spacial score (nSPS) is 25.0. The SMILES string of the molecule is CC1(C)OC(N)=NS(=O)(=O)C1Cc1ccccc1. The van der Waals surface area contributed by atoms with Gasteiger partial charge in [-0.2, -0.15) is 0 Å². The number of rotatable bonds is 2. The van der Waals surface area contributed by atoms with Crippen LogP contribution in [0.25, 0.3) is 0 Å². The first-order valence-corrected chi connectivity index (χ1v) is 7.14. The minimum atomic E-state index is -3.64. The van der Waals surface area contributed by atoms with Gasteiger partial charge in [-0.15, -0.1) is 4.40 Å². The first kappa shape index (κ1) is 12.9. The largest absolute Gasteiger partial charge is 0.457 e. The van der Waals surface area contributed by atoms with E-state index >= 15 is 0 Å². The van der Waals surface area contributed by atoms with Gasteiger partial charge in [0.25, 0.3) is 16.0 Å². The first-order valence-electron chi connectivity index (χ1n) is 5.63. The summed E-state index contributed by atoms with van der Waals surface area (Å²) in [5, 5.41) is -0.736. The molecule has 1 aliphatic heterocycles. The van der Waals surface area contributed by atoms with Gasteiger partial charge in [-0.25, -0.2) is 8.42 Å². The summed E-state index contributed by atoms with van der Waals surface area (Å²) in [7, 11) is -3.64. The van der Waals surface area contributed by atoms with Gasteiger partial charge in [0.2, 0.25) is 0 Å². The maximum atomic E-state index is 12.1. The highest BCUT2D eigenvalue weighted by atomic mass is 32.2. The van der Waals surface area contributed by atoms with E-state index < -0.39 is 20.9 Å². The van der Waals surface area contributed by atoms with E-state index in [1.807, 2.05) is 30.3 Å². The molecule has 0 amide bonds. The average Bonchev–Trinajstić information content (AvgIpc) is 2.23. The maximum absolute atomic E-state index is 12.1. The molecule has 1 heterocycles. The molecular weight excluding hydrogens is 252 g/mol. The Morgan fingerprint density at radius 3 is 2.50 bits per heavy atom. The van der Waals surface area contributed by atoms with Crippen LogP contribution in [-0.2, 0) is 21.2 Å². The lowest BCUT2D eigenvalue weighted by Crippen LogP contribution is -2.51. The van der Waals surface area contributed by atoms with Gasteiger partial charge in [-0.05, 0) is 25.8 Å². The van der Waals surface area contributed by atoms with Crippen molar-refractivity contribution in [2.45, 2.75) is 31.1 Å². The number of nitrogens with zero attached hydrogens (tertiary/aromatic N) is 1. The van der Waals surface area contributed by atoms with Crippen molar-refractivity contribution >= 4 is 16.0 Å². The minimum absolute atomic E-state index is 0.288. The molecule has 0 fully saturated rings. The van der Waals surface area contributed by atoms with Crippen molar-refractivity contribution in [3.8, 4) is 0 Å². The third-order valence-electron chi connectivity index (χ3n) is 2.98. The number of ether oxygens (including phenoxy) is 1. The summed E-state index contributed by atoms with van der Waals surface area (Å²) in [5.41, 5.74) is 5.43. The van der Waals surface area contributed by atoms with Crippen molar-refractivity contribution in [1.82, 2.24) is 0 Å². The van der Waals surface area contributed by atoms with E-state index in [1.54, 1.807) is 13.8 Å². The molecule has 18 heavy (non-hydrogen) atoms. The Hall–Kier alpha value is -1.56. The Bertz CT molecular complexity index is 564. The molecule has 0 saturated heterocycles. The number of nitrogens with two attached hydrogens (primary N) is 1. The van der Waals surface area contributed by atoms with Crippen molar-refractivity contribution in [3.05, 3.63) is 35.9 Å². The van der Waals surface area contributed by atoms with Gasteiger partial charge in [0.05, 0.1) is 0 Å². The summed E-state index contributed by atoms with van der Waals surface area (Å²) in [6.45, 7) is 3.42. The fourth-order valence-corrected chi connectivity index (χ4v) is 3.66. The van der Waals surface area contributed by atoms with Crippen LogP contribution >= 0.6 is 0 Å². The average molecular weight is 268 g/mol. The van der Waals surface area contributed by atoms with Gasteiger partial charge in [-0.1, -0.05) is 30.3 Å². The minimum Gasteiger partial charge on any atom is -0.457 e. The summed E-state index contributed by atoms with van der Waals surface area (Å²) in [6, 6.07) is 9.10. The van der Waals surface area contributed by atoms with Crippen LogP contribution in [0.2, 0.25) is 0 Å². The zero-order chi connectivity index (χ0) is 13.4. The third-order valence-corrected chi connectivity index (χ3v) is 4.87. The topological polar surface area (TPSA) is 81.8 Å². The van der Waals surface area contributed by atoms with E-state index in [0.717, 1.165) is 5.56 Å². The van der Waals surface area contributed by atoms with Crippen LogP contribution in [-0.4, -0.2) is 25.3 Å². The Labute approximate surface area is 107 Å². The maximum Gasteiger partial charge on any atom is 0.298 e. The summed E-state index contributed by atoms with van der Waals surface area (Å²) >= 11 is 0. The molecule has 0 aromatic heterocycles. The number of hydrogen-bond acceptors (Lipinski definition) is 4. The predicted octanol–water partition coefficient (Wildman–Crippen LogP) is 1.05. The molecule has 0 bridgehead atoms. The van der Waals surface area contributed by atoms with Crippen LogP contribution in [0.3, 0.4) is 0 Å². The quantitative estimate of drug-likeness (QED) is 0.869. The molecule has 1 unspecified atom stereocenters. The molecule has 1 aliphatic rings. The van der Waals surface area contributed by atoms with Crippen LogP contribution in [0.4, 0.5) is 0 Å². The second-order valence-corrected chi connectivity index (χ2v) is 6.61. The third kappa shape index (κ3) is 2.48. The van der Waals surface area contributed by atoms with Crippen LogP contribution in [0.1, 0.15) is 19.4 Å². The van der Waals surface area contributed by atoms with E-state index in [4.69, 9.17) is 10.5 Å². The van der Waals surface area contributed by atoms with Crippen molar-refractivity contribution in [2.75, 3.05) is 0 Å². The van der Waals surface area contributed by atoms with Gasteiger partial charge >= 0.3 is 0 Å². The highest BCUT2D eigenvalue weighted by Gasteiger charge is 2.45. The lowest BCUT2D eigenvalue weighted by molar-refractivity contribution is 0.0826. The number of amidine groups is 1. The lowest BCUT2D eigenvalue weighted by Gasteiger charge is -2.35. The van der Waals surface area contributed by atoms with Gasteiger partial charge in [-0.3, -0.25) is 0 Å². The van der Waals surface area contributed by atoms with Gasteiger partial charge < -0.3 is 10.5 Å². The first-order chi connectivity index (χ1) is 8.31. The second-order valence-electron chi connectivity index (χ2n) is 4.83. The van der Waals surface area contributed by atoms with E-state index in [9.17, 15) is 8.42 Å². The van der Waals surface area contributed by atoms with Crippen molar-refractivity contribution in [1.29, 1.82) is 0 Å². The van der Waals surface area contributed by atoms with Gasteiger partial charge in [0, 0.05) is 0 Å². The van der Waals surface area contributed by atoms with Crippen LogP contribution in [0.5, 0.6) is 0 Å². The molecule has 5 nitrogen and oxygen atoms in total. The number of sulfonamides is 1. The van der Waals surface area contributed by atoms with Gasteiger partial charge in [0.15, 0.2) is 0 Å². The highest BCUT2D eigenvalue weighted by molar-refractivity contribution is 7.91. The molecular formula is C12H16N2O3S. The molecule has 2 rings (SSSR count). The summed E-state index contributed by atoms with van der Waals surface area (Å²) in [6.07, 6.45) is 0.354. The number of hydrogen-bond donors (Lipinski definition) is 1. The van der Waals surface area contributed by atoms with E-state index in [-0.39, 0.29) is 6.02 Å². The van der Waals surface area contributed by atoms with E-state index in [2.05, 4.69) is 4.40 Å². The standard InChI is InChI=1S/C12H16N2O3S/c1-12(2)10(8-9-6-4-3-5-7-9)18(15,16)14-11(13)17-12/h3-7,10H,8H2,1-2H3,(H2,13,14). The summed E-state index contributed by atoms with van der Waals surface area (Å²) < 4.78 is 32.9. The van der Waals surface area contributed by atoms with Crippen LogP contribution in [0.15, 0.2) is 34.7 Å². The number of benzene rings is 1. The molecule has 0 spiro atoms. The zero-order valence-corrected chi connectivity index (χ0v) is 11.1. The summed E-state index contributed by atoms with van der Waals surface area (Å²) in [4.78, 5) is 0. The monoisotopic (exact) mass is 268 g/mol. The Balaban J connectivity index is 2.36. The van der Waals surface area contributed by atoms with Crippen LogP contribution in [0, 0.1) is 0 Å². The second kappa shape index (κ2) is 4.28. The Morgan fingerprint density at radius 1 is 1.33 bits per heavy atom. The van der Waals surface area contributed by atoms with Crippen molar-refractivity contribution < 1.29 is 13.2 Å². The smallest absolute Gasteiger partial charge is 0.298 e. The van der Waals surface area contributed by atoms with E-state index in [1.165, 1.54) is 0 Å². The molecule has 1 aromatic carbocycles. The highest BCUT2D eigenvalue weighted by Crippen LogP contribution is 2.29. The zero-order valence-electron chi connectivity index (χ0n) is 10.3. The van der Waals surface area contributed by atoms with E-state index in [0.29, 0.717) is 6.42 Å². The van der Waals surface area contributed by atoms with Crippen LogP contribution < -0.4 is 5.73 Å². The van der Waals surface area contributed by atoms with Gasteiger partial charge in [0.1, 0.15) is 10.9 Å². The lowest BCUT2D eigenvalue weighted by atomic mass is 9.98. The molecule has 0 radical (unpaired) electrons. The molecule has 0 aliphatic carbocycles. The summed E-state index contributed by atoms with van der Waals surface area (Å²) in [5.74, 6) is 0. The Kier molecular flexibility index (Phi) is 3.06. The molecule has 0 saturated carbocycles. The fourth-order valence-electron chi connectivity index (χ4n) is 2.08. The van der Waals surface area contributed by atoms with Crippen molar-refractivity contribution in [3.63, 3.8) is 0 Å². The molecule has 98 valence electrons. The fraction of sp³-hybridized carbons (Fsp3) is 0.417. The molecule has 1 atom stereocenters. The Morgan fingerprint density at radius 2 is 1.94 bits per heavy atom.